The number of methoxy groups -OCH3 is 1. The van der Waals surface area contributed by atoms with Gasteiger partial charge in [-0.05, 0) is 42.8 Å². The first-order valence-electron chi connectivity index (χ1n) is 8.07. The molecule has 1 N–H and O–H groups in total. The fourth-order valence-electron chi connectivity index (χ4n) is 2.47. The molecular formula is C18H20BrClN2O4S. The zero-order valence-corrected chi connectivity index (χ0v) is 18.1. The topological polar surface area (TPSA) is 75.7 Å². The maximum atomic E-state index is 12.1. The smallest absolute Gasteiger partial charge is 0.232 e. The Balaban J connectivity index is 2.01. The van der Waals surface area contributed by atoms with Gasteiger partial charge in [0.05, 0.1) is 24.1 Å². The minimum absolute atomic E-state index is 0.160. The summed E-state index contributed by atoms with van der Waals surface area (Å²) in [5.74, 6) is 0.275. The minimum Gasteiger partial charge on any atom is -0.495 e. The van der Waals surface area contributed by atoms with Gasteiger partial charge < -0.3 is 10.1 Å². The van der Waals surface area contributed by atoms with Crippen LogP contribution in [0, 0.1) is 0 Å². The zero-order chi connectivity index (χ0) is 20.0. The lowest BCUT2D eigenvalue weighted by Crippen LogP contribution is -2.31. The molecule has 2 aromatic rings. The molecule has 146 valence electrons. The third-order valence-corrected chi connectivity index (χ3v) is 5.68. The van der Waals surface area contributed by atoms with Gasteiger partial charge in [-0.15, -0.1) is 0 Å². The maximum absolute atomic E-state index is 12.1. The van der Waals surface area contributed by atoms with Gasteiger partial charge in [0.2, 0.25) is 15.9 Å². The molecule has 0 bridgehead atoms. The number of hydrogen-bond acceptors (Lipinski definition) is 4. The summed E-state index contributed by atoms with van der Waals surface area (Å²) in [7, 11) is -2.04. The number of carbonyl (C=O) groups excluding carboxylic acids is 1. The first-order chi connectivity index (χ1) is 12.7. The quantitative estimate of drug-likeness (QED) is 0.618. The van der Waals surface area contributed by atoms with Crippen LogP contribution >= 0.6 is 27.5 Å². The molecule has 0 radical (unpaired) electrons. The molecule has 0 atom stereocenters. The minimum atomic E-state index is -3.52. The Morgan fingerprint density at radius 1 is 1.26 bits per heavy atom. The van der Waals surface area contributed by atoms with Crippen molar-refractivity contribution in [2.45, 2.75) is 12.8 Å². The Morgan fingerprint density at radius 3 is 2.59 bits per heavy atom. The van der Waals surface area contributed by atoms with E-state index in [0.717, 1.165) is 10.7 Å². The SMILES string of the molecule is COc1ccc(N(CCCC(=O)Nc2cccc(Br)c2)S(C)(=O)=O)cc1Cl. The van der Waals surface area contributed by atoms with Gasteiger partial charge in [0.25, 0.3) is 0 Å². The molecule has 0 heterocycles. The lowest BCUT2D eigenvalue weighted by atomic mass is 10.2. The second kappa shape index (κ2) is 9.43. The lowest BCUT2D eigenvalue weighted by Gasteiger charge is -2.23. The second-order valence-electron chi connectivity index (χ2n) is 5.82. The van der Waals surface area contributed by atoms with Crippen LogP contribution in [0.3, 0.4) is 0 Å². The van der Waals surface area contributed by atoms with E-state index in [9.17, 15) is 13.2 Å². The Morgan fingerprint density at radius 2 is 2.00 bits per heavy atom. The van der Waals surface area contributed by atoms with Crippen LogP contribution in [0.4, 0.5) is 11.4 Å². The van der Waals surface area contributed by atoms with Crippen molar-refractivity contribution in [2.75, 3.05) is 29.5 Å². The zero-order valence-electron chi connectivity index (χ0n) is 14.9. The van der Waals surface area contributed by atoms with Crippen molar-refractivity contribution in [1.82, 2.24) is 0 Å². The fourth-order valence-corrected chi connectivity index (χ4v) is 4.08. The van der Waals surface area contributed by atoms with Crippen LogP contribution in [-0.4, -0.2) is 34.2 Å². The third-order valence-electron chi connectivity index (χ3n) is 3.70. The number of amides is 1. The highest BCUT2D eigenvalue weighted by molar-refractivity contribution is 9.10. The van der Waals surface area contributed by atoms with Crippen LogP contribution < -0.4 is 14.4 Å². The summed E-state index contributed by atoms with van der Waals surface area (Å²) in [4.78, 5) is 12.1. The molecule has 2 rings (SSSR count). The third kappa shape index (κ3) is 6.41. The molecule has 0 aromatic heterocycles. The molecule has 0 aliphatic carbocycles. The molecule has 0 unspecified atom stereocenters. The number of nitrogens with zero attached hydrogens (tertiary/aromatic N) is 1. The second-order valence-corrected chi connectivity index (χ2v) is 9.05. The van der Waals surface area contributed by atoms with Gasteiger partial charge in [-0.2, -0.15) is 0 Å². The monoisotopic (exact) mass is 474 g/mol. The highest BCUT2D eigenvalue weighted by atomic mass is 79.9. The van der Waals surface area contributed by atoms with E-state index in [1.165, 1.54) is 17.5 Å². The average Bonchev–Trinajstić information content (AvgIpc) is 2.57. The first kappa shape index (κ1) is 21.5. The molecule has 0 spiro atoms. The summed E-state index contributed by atoms with van der Waals surface area (Å²) in [5.41, 5.74) is 1.10. The van der Waals surface area contributed by atoms with Gasteiger partial charge in [0.1, 0.15) is 5.75 Å². The molecule has 0 aliphatic heterocycles. The van der Waals surface area contributed by atoms with E-state index in [1.54, 1.807) is 24.3 Å². The maximum Gasteiger partial charge on any atom is 0.232 e. The molecule has 0 fully saturated rings. The highest BCUT2D eigenvalue weighted by Crippen LogP contribution is 2.30. The molecule has 27 heavy (non-hydrogen) atoms. The van der Waals surface area contributed by atoms with Crippen LogP contribution in [-0.2, 0) is 14.8 Å². The van der Waals surface area contributed by atoms with E-state index in [0.29, 0.717) is 28.6 Å². The number of rotatable bonds is 8. The van der Waals surface area contributed by atoms with Crippen molar-refractivity contribution in [3.63, 3.8) is 0 Å². The molecule has 0 saturated heterocycles. The van der Waals surface area contributed by atoms with Crippen LogP contribution in [0.2, 0.25) is 5.02 Å². The predicted molar refractivity (Wildman–Crippen MR) is 112 cm³/mol. The summed E-state index contributed by atoms with van der Waals surface area (Å²) >= 11 is 9.44. The molecule has 1 amide bonds. The van der Waals surface area contributed by atoms with E-state index in [-0.39, 0.29) is 18.9 Å². The largest absolute Gasteiger partial charge is 0.495 e. The molecule has 0 aliphatic rings. The van der Waals surface area contributed by atoms with Crippen molar-refractivity contribution in [1.29, 1.82) is 0 Å². The Bertz CT molecular complexity index is 921. The van der Waals surface area contributed by atoms with Gasteiger partial charge in [0, 0.05) is 23.1 Å². The molecular weight excluding hydrogens is 456 g/mol. The average molecular weight is 476 g/mol. The number of halogens is 2. The highest BCUT2D eigenvalue weighted by Gasteiger charge is 2.19. The number of sulfonamides is 1. The molecule has 6 nitrogen and oxygen atoms in total. The number of ether oxygens (including phenoxy) is 1. The van der Waals surface area contributed by atoms with E-state index in [4.69, 9.17) is 16.3 Å². The van der Waals surface area contributed by atoms with E-state index in [2.05, 4.69) is 21.2 Å². The summed E-state index contributed by atoms with van der Waals surface area (Å²) in [6.07, 6.45) is 1.66. The number of hydrogen-bond donors (Lipinski definition) is 1. The number of nitrogens with one attached hydrogen (secondary N) is 1. The van der Waals surface area contributed by atoms with Gasteiger partial charge in [-0.3, -0.25) is 9.10 Å². The van der Waals surface area contributed by atoms with Gasteiger partial charge in [0.15, 0.2) is 0 Å². The van der Waals surface area contributed by atoms with Gasteiger partial charge in [-0.25, -0.2) is 8.42 Å². The fraction of sp³-hybridized carbons (Fsp3) is 0.278. The molecule has 9 heteroatoms. The van der Waals surface area contributed by atoms with Crippen molar-refractivity contribution < 1.29 is 17.9 Å². The molecule has 2 aromatic carbocycles. The normalized spacial score (nSPS) is 11.1. The van der Waals surface area contributed by atoms with E-state index < -0.39 is 10.0 Å². The van der Waals surface area contributed by atoms with Crippen molar-refractivity contribution >= 4 is 54.8 Å². The van der Waals surface area contributed by atoms with Crippen LogP contribution in [0.5, 0.6) is 5.75 Å². The van der Waals surface area contributed by atoms with Crippen LogP contribution in [0.1, 0.15) is 12.8 Å². The van der Waals surface area contributed by atoms with Gasteiger partial charge >= 0.3 is 0 Å². The number of benzene rings is 2. The van der Waals surface area contributed by atoms with Crippen LogP contribution in [0.25, 0.3) is 0 Å². The van der Waals surface area contributed by atoms with Crippen molar-refractivity contribution in [2.24, 2.45) is 0 Å². The van der Waals surface area contributed by atoms with E-state index in [1.807, 2.05) is 12.1 Å². The van der Waals surface area contributed by atoms with Gasteiger partial charge in [-0.1, -0.05) is 33.6 Å². The standard InChI is InChI=1S/C18H20BrClN2O4S/c1-26-17-9-8-15(12-16(17)20)22(27(2,24)25)10-4-7-18(23)21-14-6-3-5-13(19)11-14/h3,5-6,8-9,11-12H,4,7,10H2,1-2H3,(H,21,23). The van der Waals surface area contributed by atoms with E-state index >= 15 is 0 Å². The number of carbonyl (C=O) groups is 1. The number of anilines is 2. The van der Waals surface area contributed by atoms with Crippen molar-refractivity contribution in [3.8, 4) is 5.75 Å². The Hall–Kier alpha value is -1.77. The summed E-state index contributed by atoms with van der Waals surface area (Å²) in [6.45, 7) is 0.160. The summed E-state index contributed by atoms with van der Waals surface area (Å²) in [6, 6.07) is 12.0. The lowest BCUT2D eigenvalue weighted by molar-refractivity contribution is -0.116. The van der Waals surface area contributed by atoms with Crippen molar-refractivity contribution in [3.05, 3.63) is 52.0 Å². The summed E-state index contributed by atoms with van der Waals surface area (Å²) in [5, 5.41) is 3.10. The first-order valence-corrected chi connectivity index (χ1v) is 11.1. The molecule has 0 saturated carbocycles. The van der Waals surface area contributed by atoms with Crippen LogP contribution in [0.15, 0.2) is 46.9 Å². The summed E-state index contributed by atoms with van der Waals surface area (Å²) < 4.78 is 31.5. The predicted octanol–water partition coefficient (Wildman–Crippen LogP) is 4.30. The Kier molecular flexibility index (Phi) is 7.52. The Labute approximate surface area is 172 Å².